The third-order valence-electron chi connectivity index (χ3n) is 3.71. The molecule has 11 heteroatoms. The van der Waals surface area contributed by atoms with Crippen LogP contribution < -0.4 is 14.8 Å². The maximum absolute atomic E-state index is 12.9. The van der Waals surface area contributed by atoms with Crippen molar-refractivity contribution < 1.29 is 31.1 Å². The average Bonchev–Trinajstić information content (AvgIpc) is 2.55. The molecule has 27 heavy (non-hydrogen) atoms. The Morgan fingerprint density at radius 1 is 1.19 bits per heavy atom. The number of fused-ring (bicyclic) bond motifs is 1. The van der Waals surface area contributed by atoms with Gasteiger partial charge >= 0.3 is 6.18 Å². The quantitative estimate of drug-likeness (QED) is 0.789. The Kier molecular flexibility index (Phi) is 4.73. The van der Waals surface area contributed by atoms with Crippen LogP contribution in [0.2, 0.25) is 5.02 Å². The van der Waals surface area contributed by atoms with E-state index < -0.39 is 38.7 Å². The third-order valence-corrected chi connectivity index (χ3v) is 5.57. The number of hydrogen-bond donors (Lipinski definition) is 2. The summed E-state index contributed by atoms with van der Waals surface area (Å²) in [4.78, 5) is 10.9. The predicted molar refractivity (Wildman–Crippen MR) is 92.4 cm³/mol. The maximum atomic E-state index is 12.9. The first-order chi connectivity index (χ1) is 12.5. The summed E-state index contributed by atoms with van der Waals surface area (Å²) in [6.07, 6.45) is -5.43. The zero-order valence-corrected chi connectivity index (χ0v) is 15.2. The fourth-order valence-corrected chi connectivity index (χ4v) is 3.94. The van der Waals surface area contributed by atoms with E-state index in [0.717, 1.165) is 6.07 Å². The van der Waals surface area contributed by atoms with Gasteiger partial charge in [-0.1, -0.05) is 11.6 Å². The van der Waals surface area contributed by atoms with Crippen molar-refractivity contribution in [3.8, 4) is 5.75 Å². The molecule has 0 unspecified atom stereocenters. The van der Waals surface area contributed by atoms with Crippen LogP contribution in [-0.4, -0.2) is 20.4 Å². The summed E-state index contributed by atoms with van der Waals surface area (Å²) < 4.78 is 71.1. The van der Waals surface area contributed by atoms with E-state index in [0.29, 0.717) is 17.9 Å². The van der Waals surface area contributed by atoms with Gasteiger partial charge in [0.05, 0.1) is 22.0 Å². The summed E-state index contributed by atoms with van der Waals surface area (Å²) in [7, 11) is -4.41. The number of carbonyl (C=O) groups excluding carboxylic acids is 1. The van der Waals surface area contributed by atoms with Crippen molar-refractivity contribution in [1.29, 1.82) is 0 Å². The largest absolute Gasteiger partial charge is 0.479 e. The molecule has 2 aromatic rings. The highest BCUT2D eigenvalue weighted by Crippen LogP contribution is 2.35. The Bertz CT molecular complexity index is 1020. The van der Waals surface area contributed by atoms with E-state index in [1.165, 1.54) is 18.2 Å². The summed E-state index contributed by atoms with van der Waals surface area (Å²) in [6.45, 7) is 1.55. The van der Waals surface area contributed by atoms with Crippen LogP contribution in [-0.2, 0) is 21.0 Å². The first kappa shape index (κ1) is 19.3. The molecule has 1 atom stereocenters. The molecule has 1 amide bonds. The summed E-state index contributed by atoms with van der Waals surface area (Å²) in [5.41, 5.74) is -0.901. The fraction of sp³-hybridized carbons (Fsp3) is 0.188. The number of amides is 1. The minimum atomic E-state index is -4.72. The lowest BCUT2D eigenvalue weighted by atomic mass is 10.2. The van der Waals surface area contributed by atoms with Crippen molar-refractivity contribution in [3.05, 3.63) is 47.0 Å². The number of nitrogens with one attached hydrogen (secondary N) is 2. The molecule has 0 spiro atoms. The number of benzene rings is 2. The molecule has 1 aliphatic rings. The molecule has 6 nitrogen and oxygen atoms in total. The van der Waals surface area contributed by atoms with Crippen molar-refractivity contribution in [2.45, 2.75) is 24.1 Å². The lowest BCUT2D eigenvalue weighted by molar-refractivity contribution is -0.137. The number of carbonyl (C=O) groups is 1. The third kappa shape index (κ3) is 3.96. The second-order valence-electron chi connectivity index (χ2n) is 5.71. The smallest absolute Gasteiger partial charge is 0.416 e. The summed E-state index contributed by atoms with van der Waals surface area (Å²) >= 11 is 5.78. The highest BCUT2D eigenvalue weighted by molar-refractivity contribution is 7.92. The van der Waals surface area contributed by atoms with Crippen molar-refractivity contribution in [1.82, 2.24) is 0 Å². The highest BCUT2D eigenvalue weighted by atomic mass is 35.5. The van der Waals surface area contributed by atoms with E-state index in [-0.39, 0.29) is 16.4 Å². The van der Waals surface area contributed by atoms with Crippen LogP contribution in [0.1, 0.15) is 12.5 Å². The Morgan fingerprint density at radius 3 is 2.56 bits per heavy atom. The first-order valence-corrected chi connectivity index (χ1v) is 9.34. The second kappa shape index (κ2) is 6.61. The van der Waals surface area contributed by atoms with Gasteiger partial charge in [0.25, 0.3) is 15.9 Å². The fourth-order valence-electron chi connectivity index (χ4n) is 2.37. The molecule has 0 radical (unpaired) electrons. The van der Waals surface area contributed by atoms with Crippen molar-refractivity contribution in [2.24, 2.45) is 0 Å². The predicted octanol–water partition coefficient (Wildman–Crippen LogP) is 3.88. The van der Waals surface area contributed by atoms with E-state index in [9.17, 15) is 26.4 Å². The van der Waals surface area contributed by atoms with Gasteiger partial charge in [0.1, 0.15) is 10.6 Å². The second-order valence-corrected chi connectivity index (χ2v) is 7.77. The molecule has 3 rings (SSSR count). The van der Waals surface area contributed by atoms with Gasteiger partial charge in [-0.05, 0) is 43.3 Å². The molecule has 0 aromatic heterocycles. The van der Waals surface area contributed by atoms with Crippen molar-refractivity contribution in [2.75, 3.05) is 10.0 Å². The molecular formula is C16H12ClF3N2O4S. The molecule has 0 saturated carbocycles. The van der Waals surface area contributed by atoms with E-state index in [1.54, 1.807) is 6.92 Å². The molecular weight excluding hydrogens is 409 g/mol. The Hall–Kier alpha value is -2.46. The summed E-state index contributed by atoms with van der Waals surface area (Å²) in [5.74, 6) is -0.0782. The maximum Gasteiger partial charge on any atom is 0.416 e. The Labute approximate surface area is 157 Å². The van der Waals surface area contributed by atoms with Crippen molar-refractivity contribution in [3.63, 3.8) is 0 Å². The molecule has 1 heterocycles. The van der Waals surface area contributed by atoms with E-state index in [2.05, 4.69) is 10.0 Å². The zero-order valence-electron chi connectivity index (χ0n) is 13.6. The van der Waals surface area contributed by atoms with Gasteiger partial charge in [0.15, 0.2) is 6.10 Å². The molecule has 144 valence electrons. The van der Waals surface area contributed by atoms with Gasteiger partial charge in [-0.15, -0.1) is 0 Å². The number of rotatable bonds is 3. The minimum Gasteiger partial charge on any atom is -0.479 e. The van der Waals surface area contributed by atoms with Crippen LogP contribution in [0.5, 0.6) is 5.75 Å². The van der Waals surface area contributed by atoms with Gasteiger partial charge < -0.3 is 10.1 Å². The van der Waals surface area contributed by atoms with Crippen LogP contribution in [0.15, 0.2) is 41.3 Å². The Balaban J connectivity index is 1.94. The lowest BCUT2D eigenvalue weighted by Crippen LogP contribution is -2.34. The molecule has 0 saturated heterocycles. The van der Waals surface area contributed by atoms with Gasteiger partial charge in [-0.2, -0.15) is 13.2 Å². The molecule has 2 aromatic carbocycles. The van der Waals surface area contributed by atoms with E-state index in [1.807, 2.05) is 0 Å². The molecule has 0 fully saturated rings. The molecule has 0 aliphatic carbocycles. The molecule has 1 aliphatic heterocycles. The van der Waals surface area contributed by atoms with Gasteiger partial charge in [-0.3, -0.25) is 9.52 Å². The monoisotopic (exact) mass is 420 g/mol. The molecule has 0 bridgehead atoms. The number of hydrogen-bond acceptors (Lipinski definition) is 4. The van der Waals surface area contributed by atoms with E-state index >= 15 is 0 Å². The van der Waals surface area contributed by atoms with Gasteiger partial charge in [0, 0.05) is 0 Å². The zero-order chi connectivity index (χ0) is 20.0. The minimum absolute atomic E-state index is 0.0145. The number of alkyl halides is 3. The van der Waals surface area contributed by atoms with Crippen molar-refractivity contribution >= 4 is 38.9 Å². The van der Waals surface area contributed by atoms with Crippen LogP contribution in [0.25, 0.3) is 0 Å². The van der Waals surface area contributed by atoms with Gasteiger partial charge in [0.2, 0.25) is 0 Å². The average molecular weight is 421 g/mol. The standard InChI is InChI=1S/C16H12ClF3N2O4S/c1-8-15(23)21-12-7-10(3-5-13(12)26-8)22-27(24,25)14-6-9(16(18,19)20)2-4-11(14)17/h2-8,22H,1H3,(H,21,23)/t8-/m0/s1. The summed E-state index contributed by atoms with van der Waals surface area (Å²) in [6, 6.07) is 6.07. The highest BCUT2D eigenvalue weighted by Gasteiger charge is 2.33. The van der Waals surface area contributed by atoms with Crippen LogP contribution in [0, 0.1) is 0 Å². The van der Waals surface area contributed by atoms with Crippen LogP contribution >= 0.6 is 11.6 Å². The van der Waals surface area contributed by atoms with E-state index in [4.69, 9.17) is 16.3 Å². The summed E-state index contributed by atoms with van der Waals surface area (Å²) in [5, 5.41) is 2.18. The lowest BCUT2D eigenvalue weighted by Gasteiger charge is -2.23. The SMILES string of the molecule is C[C@@H]1Oc2ccc(NS(=O)(=O)c3cc(C(F)(F)F)ccc3Cl)cc2NC1=O. The van der Waals surface area contributed by atoms with Gasteiger partial charge in [-0.25, -0.2) is 8.42 Å². The molecule has 2 N–H and O–H groups in total. The number of sulfonamides is 1. The van der Waals surface area contributed by atoms with Crippen LogP contribution in [0.4, 0.5) is 24.5 Å². The Morgan fingerprint density at radius 2 is 1.89 bits per heavy atom. The van der Waals surface area contributed by atoms with Crippen LogP contribution in [0.3, 0.4) is 0 Å². The first-order valence-electron chi connectivity index (χ1n) is 7.48. The number of anilines is 2. The normalized spacial score (nSPS) is 16.9. The number of ether oxygens (including phenoxy) is 1. The number of halogens is 4. The topological polar surface area (TPSA) is 84.5 Å².